The zero-order valence-electron chi connectivity index (χ0n) is 15.0. The molecule has 0 spiro atoms. The Morgan fingerprint density at radius 1 is 1.23 bits per heavy atom. The highest BCUT2D eigenvalue weighted by Crippen LogP contribution is 2.33. The van der Waals surface area contributed by atoms with Crippen LogP contribution in [0.2, 0.25) is 0 Å². The molecule has 1 fully saturated rings. The molecular formula is C21H22N2O3. The van der Waals surface area contributed by atoms with Gasteiger partial charge in [-0.1, -0.05) is 12.1 Å². The predicted octanol–water partition coefficient (Wildman–Crippen LogP) is 3.82. The number of carbonyl (C=O) groups excluding carboxylic acids is 1. The molecule has 134 valence electrons. The highest BCUT2D eigenvalue weighted by Gasteiger charge is 2.25. The molecule has 1 aliphatic carbocycles. The van der Waals surface area contributed by atoms with E-state index in [0.29, 0.717) is 24.5 Å². The molecule has 0 radical (unpaired) electrons. The van der Waals surface area contributed by atoms with Gasteiger partial charge >= 0.3 is 0 Å². The van der Waals surface area contributed by atoms with E-state index in [-0.39, 0.29) is 17.5 Å². The summed E-state index contributed by atoms with van der Waals surface area (Å²) in [5.74, 6) is 1.04. The first-order valence-electron chi connectivity index (χ1n) is 8.91. The average molecular weight is 350 g/mol. The molecule has 0 unspecified atom stereocenters. The Bertz CT molecular complexity index is 887. The lowest BCUT2D eigenvalue weighted by atomic mass is 10.0. The van der Waals surface area contributed by atoms with E-state index >= 15 is 0 Å². The van der Waals surface area contributed by atoms with Crippen molar-refractivity contribution < 1.29 is 14.3 Å². The number of carbonyl (C=O) groups is 1. The molecule has 5 nitrogen and oxygen atoms in total. The lowest BCUT2D eigenvalue weighted by Crippen LogP contribution is -2.26. The van der Waals surface area contributed by atoms with E-state index in [9.17, 15) is 10.1 Å². The molecule has 2 aromatic rings. The van der Waals surface area contributed by atoms with Crippen LogP contribution >= 0.6 is 0 Å². The van der Waals surface area contributed by atoms with Crippen LogP contribution in [-0.2, 0) is 4.79 Å². The number of nitrogens with one attached hydrogen (secondary N) is 1. The summed E-state index contributed by atoms with van der Waals surface area (Å²) in [6.45, 7) is 4.89. The molecule has 1 aliphatic rings. The molecule has 0 aromatic heterocycles. The minimum absolute atomic E-state index is 0.0761. The van der Waals surface area contributed by atoms with Gasteiger partial charge in [0.1, 0.15) is 23.1 Å². The van der Waals surface area contributed by atoms with E-state index in [0.717, 1.165) is 29.4 Å². The molecule has 26 heavy (non-hydrogen) atoms. The Hall–Kier alpha value is -3.00. The van der Waals surface area contributed by atoms with Crippen molar-refractivity contribution in [1.82, 2.24) is 5.32 Å². The van der Waals surface area contributed by atoms with Crippen molar-refractivity contribution >= 4 is 22.8 Å². The molecular weight excluding hydrogens is 328 g/mol. The third kappa shape index (κ3) is 3.97. The number of amides is 1. The summed E-state index contributed by atoms with van der Waals surface area (Å²) in [5, 5.41) is 14.2. The summed E-state index contributed by atoms with van der Waals surface area (Å²) in [4.78, 5) is 12.3. The largest absolute Gasteiger partial charge is 0.494 e. The highest BCUT2D eigenvalue weighted by atomic mass is 16.5. The third-order valence-corrected chi connectivity index (χ3v) is 4.17. The second kappa shape index (κ2) is 7.92. The normalized spacial score (nSPS) is 14.0. The van der Waals surface area contributed by atoms with Gasteiger partial charge in [0.05, 0.1) is 13.2 Å². The van der Waals surface area contributed by atoms with Crippen molar-refractivity contribution in [2.24, 2.45) is 0 Å². The Morgan fingerprint density at radius 2 is 1.96 bits per heavy atom. The highest BCUT2D eigenvalue weighted by molar-refractivity contribution is 6.05. The van der Waals surface area contributed by atoms with E-state index in [1.165, 1.54) is 0 Å². The van der Waals surface area contributed by atoms with Gasteiger partial charge in [0.25, 0.3) is 5.91 Å². The first kappa shape index (κ1) is 17.8. The van der Waals surface area contributed by atoms with Crippen molar-refractivity contribution in [1.29, 1.82) is 5.26 Å². The SMILES string of the molecule is CCOc1ccc2ccc(OCC)c(/C=C(\C#N)C(=O)NC3CC3)c2c1. The smallest absolute Gasteiger partial charge is 0.262 e. The molecule has 0 heterocycles. The van der Waals surface area contributed by atoms with E-state index in [1.54, 1.807) is 6.08 Å². The second-order valence-electron chi connectivity index (χ2n) is 6.14. The van der Waals surface area contributed by atoms with Crippen molar-refractivity contribution in [2.45, 2.75) is 32.7 Å². The molecule has 3 rings (SSSR count). The van der Waals surface area contributed by atoms with Crippen molar-refractivity contribution in [2.75, 3.05) is 13.2 Å². The van der Waals surface area contributed by atoms with E-state index in [4.69, 9.17) is 9.47 Å². The van der Waals surface area contributed by atoms with Gasteiger partial charge in [0, 0.05) is 11.6 Å². The number of hydrogen-bond donors (Lipinski definition) is 1. The summed E-state index contributed by atoms with van der Waals surface area (Å²) >= 11 is 0. The van der Waals surface area contributed by atoms with Crippen LogP contribution in [0, 0.1) is 11.3 Å². The maximum Gasteiger partial charge on any atom is 0.262 e. The first-order chi connectivity index (χ1) is 12.7. The maximum atomic E-state index is 12.3. The van der Waals surface area contributed by atoms with Crippen LogP contribution in [0.1, 0.15) is 32.3 Å². The quantitative estimate of drug-likeness (QED) is 0.609. The molecule has 1 saturated carbocycles. The van der Waals surface area contributed by atoms with Crippen LogP contribution < -0.4 is 14.8 Å². The third-order valence-electron chi connectivity index (χ3n) is 4.17. The fourth-order valence-electron chi connectivity index (χ4n) is 2.77. The molecule has 1 N–H and O–H groups in total. The van der Waals surface area contributed by atoms with Gasteiger partial charge < -0.3 is 14.8 Å². The van der Waals surface area contributed by atoms with Gasteiger partial charge in [-0.2, -0.15) is 5.26 Å². The summed E-state index contributed by atoms with van der Waals surface area (Å²) in [5.41, 5.74) is 0.792. The van der Waals surface area contributed by atoms with E-state index in [2.05, 4.69) is 5.32 Å². The number of fused-ring (bicyclic) bond motifs is 1. The fourth-order valence-corrected chi connectivity index (χ4v) is 2.77. The second-order valence-corrected chi connectivity index (χ2v) is 6.14. The minimum Gasteiger partial charge on any atom is -0.494 e. The van der Waals surface area contributed by atoms with Crippen LogP contribution in [0.4, 0.5) is 0 Å². The maximum absolute atomic E-state index is 12.3. The molecule has 0 aliphatic heterocycles. The lowest BCUT2D eigenvalue weighted by molar-refractivity contribution is -0.117. The van der Waals surface area contributed by atoms with Gasteiger partial charge in [0.15, 0.2) is 0 Å². The van der Waals surface area contributed by atoms with Crippen LogP contribution in [-0.4, -0.2) is 25.2 Å². The van der Waals surface area contributed by atoms with E-state index in [1.807, 2.05) is 50.2 Å². The van der Waals surface area contributed by atoms with Crippen LogP contribution in [0.15, 0.2) is 35.9 Å². The number of hydrogen-bond acceptors (Lipinski definition) is 4. The number of rotatable bonds is 7. The minimum atomic E-state index is -0.338. The van der Waals surface area contributed by atoms with Gasteiger partial charge in [-0.25, -0.2) is 0 Å². The first-order valence-corrected chi connectivity index (χ1v) is 8.91. The summed E-state index contributed by atoms with van der Waals surface area (Å²) in [6.07, 6.45) is 3.56. The van der Waals surface area contributed by atoms with Crippen LogP contribution in [0.25, 0.3) is 16.8 Å². The fraction of sp³-hybridized carbons (Fsp3) is 0.333. The molecule has 5 heteroatoms. The van der Waals surface area contributed by atoms with Gasteiger partial charge in [-0.3, -0.25) is 4.79 Å². The summed E-state index contributed by atoms with van der Waals surface area (Å²) in [6, 6.07) is 11.8. The monoisotopic (exact) mass is 350 g/mol. The predicted molar refractivity (Wildman–Crippen MR) is 101 cm³/mol. The van der Waals surface area contributed by atoms with Crippen LogP contribution in [0.3, 0.4) is 0 Å². The van der Waals surface area contributed by atoms with Crippen molar-refractivity contribution in [3.63, 3.8) is 0 Å². The van der Waals surface area contributed by atoms with Crippen molar-refractivity contribution in [3.8, 4) is 17.6 Å². The van der Waals surface area contributed by atoms with Crippen LogP contribution in [0.5, 0.6) is 11.5 Å². The number of benzene rings is 2. The van der Waals surface area contributed by atoms with Gasteiger partial charge in [0.2, 0.25) is 0 Å². The zero-order chi connectivity index (χ0) is 18.5. The Morgan fingerprint density at radius 3 is 2.62 bits per heavy atom. The molecule has 2 aromatic carbocycles. The standard InChI is InChI=1S/C21H22N2O3/c1-3-25-17-9-5-14-6-10-20(26-4-2)19(18(14)12-17)11-15(13-22)21(24)23-16-7-8-16/h5-6,9-12,16H,3-4,7-8H2,1-2H3,(H,23,24)/b15-11+. The number of nitrogens with zero attached hydrogens (tertiary/aromatic N) is 1. The zero-order valence-corrected chi connectivity index (χ0v) is 15.0. The van der Waals surface area contributed by atoms with Gasteiger partial charge in [-0.05, 0) is 61.7 Å². The van der Waals surface area contributed by atoms with Crippen molar-refractivity contribution in [3.05, 3.63) is 41.5 Å². The topological polar surface area (TPSA) is 71.3 Å². The molecule has 1 amide bonds. The Labute approximate surface area is 153 Å². The molecule has 0 bridgehead atoms. The molecule has 0 atom stereocenters. The Kier molecular flexibility index (Phi) is 5.43. The van der Waals surface area contributed by atoms with E-state index < -0.39 is 0 Å². The lowest BCUT2D eigenvalue weighted by Gasteiger charge is -2.13. The number of nitriles is 1. The summed E-state index contributed by atoms with van der Waals surface area (Å²) < 4.78 is 11.3. The molecule has 0 saturated heterocycles. The average Bonchev–Trinajstić information content (AvgIpc) is 3.45. The Balaban J connectivity index is 2.11. The summed E-state index contributed by atoms with van der Waals surface area (Å²) in [7, 11) is 0. The number of ether oxygens (including phenoxy) is 2. The van der Waals surface area contributed by atoms with Gasteiger partial charge in [-0.15, -0.1) is 0 Å².